The quantitative estimate of drug-likeness (QED) is 0.453. The van der Waals surface area contributed by atoms with Gasteiger partial charge in [0.2, 0.25) is 16.0 Å². The first kappa shape index (κ1) is 21.4. The minimum Gasteiger partial charge on any atom is -0.465 e. The molecule has 1 saturated heterocycles. The van der Waals surface area contributed by atoms with Crippen molar-refractivity contribution in [2.24, 2.45) is 0 Å². The maximum atomic E-state index is 12.5. The van der Waals surface area contributed by atoms with Crippen LogP contribution in [-0.2, 0) is 19.5 Å². The summed E-state index contributed by atoms with van der Waals surface area (Å²) in [6.45, 7) is 5.10. The van der Waals surface area contributed by atoms with E-state index in [1.807, 2.05) is 13.0 Å². The molecule has 0 spiro atoms. The number of rotatable bonds is 8. The number of carbonyl (C=O) groups excluding carboxylic acids is 1. The molecule has 2 aromatic rings. The number of hydrogen-bond acceptors (Lipinski definition) is 10. The predicted molar refractivity (Wildman–Crippen MR) is 109 cm³/mol. The first-order chi connectivity index (χ1) is 13.9. The Labute approximate surface area is 173 Å². The highest BCUT2D eigenvalue weighted by Gasteiger charge is 2.24. The monoisotopic (exact) mass is 441 g/mol. The van der Waals surface area contributed by atoms with Gasteiger partial charge in [-0.05, 0) is 18.4 Å². The largest absolute Gasteiger partial charge is 0.465 e. The highest BCUT2D eigenvalue weighted by Crippen LogP contribution is 2.22. The number of hydrogen-bond donors (Lipinski definition) is 2. The zero-order valence-electron chi connectivity index (χ0n) is 16.2. The second-order valence-corrected chi connectivity index (χ2v) is 8.87. The molecule has 0 aliphatic carbocycles. The van der Waals surface area contributed by atoms with E-state index in [2.05, 4.69) is 29.6 Å². The number of morpholine rings is 1. The zero-order valence-corrected chi connectivity index (χ0v) is 17.8. The summed E-state index contributed by atoms with van der Waals surface area (Å²) in [4.78, 5) is 22.6. The molecule has 2 aromatic heterocycles. The molecule has 12 heteroatoms. The van der Waals surface area contributed by atoms with E-state index in [4.69, 9.17) is 4.74 Å². The lowest BCUT2D eigenvalue weighted by Gasteiger charge is -2.28. The number of aromatic nitrogens is 2. The lowest BCUT2D eigenvalue weighted by molar-refractivity contribution is 0.0602. The Morgan fingerprint density at radius 3 is 2.79 bits per heavy atom. The Bertz CT molecular complexity index is 957. The number of esters is 1. The van der Waals surface area contributed by atoms with Crippen molar-refractivity contribution in [1.29, 1.82) is 0 Å². The topological polar surface area (TPSA) is 123 Å². The molecule has 0 radical (unpaired) electrons. The van der Waals surface area contributed by atoms with Gasteiger partial charge >= 0.3 is 5.97 Å². The number of thiophene rings is 1. The number of sulfonamides is 1. The summed E-state index contributed by atoms with van der Waals surface area (Å²) in [5.41, 5.74) is 0.811. The Kier molecular flexibility index (Phi) is 7.00. The third-order valence-electron chi connectivity index (χ3n) is 4.17. The number of carbonyl (C=O) groups is 1. The summed E-state index contributed by atoms with van der Waals surface area (Å²) in [7, 11) is -2.62. The van der Waals surface area contributed by atoms with Gasteiger partial charge in [0.1, 0.15) is 15.6 Å². The molecule has 1 aliphatic heterocycles. The number of ether oxygens (including phenoxy) is 2. The van der Waals surface area contributed by atoms with Gasteiger partial charge < -0.3 is 19.7 Å². The van der Waals surface area contributed by atoms with Gasteiger partial charge in [0.25, 0.3) is 0 Å². The van der Waals surface area contributed by atoms with Crippen LogP contribution in [0, 0.1) is 6.92 Å². The molecular formula is C17H23N5O5S2. The average Bonchev–Trinajstić information content (AvgIpc) is 3.22. The molecule has 0 bridgehead atoms. The van der Waals surface area contributed by atoms with Gasteiger partial charge in [0.15, 0.2) is 0 Å². The minimum absolute atomic E-state index is 0.0464. The summed E-state index contributed by atoms with van der Waals surface area (Å²) in [5.74, 6) is 0.559. The van der Waals surface area contributed by atoms with E-state index in [-0.39, 0.29) is 22.9 Å². The van der Waals surface area contributed by atoms with Crippen molar-refractivity contribution in [2.75, 3.05) is 56.7 Å². The van der Waals surface area contributed by atoms with Crippen LogP contribution in [0.5, 0.6) is 0 Å². The minimum atomic E-state index is -3.83. The Morgan fingerprint density at radius 1 is 1.31 bits per heavy atom. The second kappa shape index (κ2) is 9.48. The van der Waals surface area contributed by atoms with Crippen molar-refractivity contribution in [1.82, 2.24) is 14.7 Å². The maximum Gasteiger partial charge on any atom is 0.349 e. The zero-order chi connectivity index (χ0) is 20.9. The van der Waals surface area contributed by atoms with Crippen LogP contribution in [-0.4, -0.2) is 70.9 Å². The third-order valence-corrected chi connectivity index (χ3v) is 6.69. The highest BCUT2D eigenvalue weighted by molar-refractivity contribution is 7.89. The fourth-order valence-corrected chi connectivity index (χ4v) is 5.14. The summed E-state index contributed by atoms with van der Waals surface area (Å²) >= 11 is 1.02. The van der Waals surface area contributed by atoms with Crippen LogP contribution in [0.4, 0.5) is 11.8 Å². The smallest absolute Gasteiger partial charge is 0.349 e. The maximum absolute atomic E-state index is 12.5. The lowest BCUT2D eigenvalue weighted by atomic mass is 10.3. The van der Waals surface area contributed by atoms with E-state index in [9.17, 15) is 13.2 Å². The van der Waals surface area contributed by atoms with Crippen LogP contribution in [0.25, 0.3) is 0 Å². The van der Waals surface area contributed by atoms with E-state index >= 15 is 0 Å². The molecule has 0 atom stereocenters. The first-order valence-electron chi connectivity index (χ1n) is 8.98. The van der Waals surface area contributed by atoms with Crippen molar-refractivity contribution < 1.29 is 22.7 Å². The van der Waals surface area contributed by atoms with Gasteiger partial charge in [-0.15, -0.1) is 11.3 Å². The molecule has 1 aliphatic rings. The molecular weight excluding hydrogens is 418 g/mol. The number of nitrogens with zero attached hydrogens (tertiary/aromatic N) is 3. The van der Waals surface area contributed by atoms with Crippen molar-refractivity contribution in [3.63, 3.8) is 0 Å². The summed E-state index contributed by atoms with van der Waals surface area (Å²) in [6.07, 6.45) is 0. The van der Waals surface area contributed by atoms with Gasteiger partial charge in [0, 0.05) is 37.9 Å². The average molecular weight is 442 g/mol. The number of methoxy groups -OCH3 is 1. The van der Waals surface area contributed by atoms with E-state index in [0.29, 0.717) is 19.2 Å². The first-order valence-corrected chi connectivity index (χ1v) is 11.3. The van der Waals surface area contributed by atoms with Gasteiger partial charge in [-0.25, -0.2) is 22.9 Å². The van der Waals surface area contributed by atoms with Crippen LogP contribution in [0.15, 0.2) is 22.4 Å². The molecule has 10 nitrogen and oxygen atoms in total. The van der Waals surface area contributed by atoms with Gasteiger partial charge in [-0.1, -0.05) is 0 Å². The molecule has 0 saturated carbocycles. The molecule has 3 heterocycles. The van der Waals surface area contributed by atoms with Crippen LogP contribution in [0.1, 0.15) is 15.4 Å². The Balaban J connectivity index is 1.58. The standard InChI is InChI=1S/C17H23N5O5S2/c1-12-11-14(22-6-8-27-9-7-22)21-17(20-12)18-4-5-19-29(24,25)13-3-10-28-15(13)16(23)26-2/h3,10-11,19H,4-9H2,1-2H3,(H,18,20,21). The molecule has 1 fully saturated rings. The second-order valence-electron chi connectivity index (χ2n) is 6.22. The number of aryl methyl sites for hydroxylation is 1. The Morgan fingerprint density at radius 2 is 2.07 bits per heavy atom. The normalized spacial score (nSPS) is 14.6. The van der Waals surface area contributed by atoms with Gasteiger partial charge in [-0.3, -0.25) is 0 Å². The third kappa shape index (κ3) is 5.41. The van der Waals surface area contributed by atoms with Gasteiger partial charge in [0.05, 0.1) is 20.3 Å². The van der Waals surface area contributed by atoms with Crippen molar-refractivity contribution >= 4 is 39.1 Å². The van der Waals surface area contributed by atoms with Crippen LogP contribution < -0.4 is 14.9 Å². The molecule has 2 N–H and O–H groups in total. The fraction of sp³-hybridized carbons (Fsp3) is 0.471. The van der Waals surface area contributed by atoms with E-state index < -0.39 is 16.0 Å². The summed E-state index contributed by atoms with van der Waals surface area (Å²) in [5, 5.41) is 4.57. The van der Waals surface area contributed by atoms with Crippen LogP contribution in [0.2, 0.25) is 0 Å². The van der Waals surface area contributed by atoms with E-state index in [1.165, 1.54) is 18.6 Å². The Hall–Kier alpha value is -2.28. The van der Waals surface area contributed by atoms with Crippen LogP contribution >= 0.6 is 11.3 Å². The van der Waals surface area contributed by atoms with Gasteiger partial charge in [-0.2, -0.15) is 4.98 Å². The van der Waals surface area contributed by atoms with Crippen LogP contribution in [0.3, 0.4) is 0 Å². The molecule has 158 valence electrons. The predicted octanol–water partition coefficient (Wildman–Crippen LogP) is 0.860. The number of nitrogens with one attached hydrogen (secondary N) is 2. The fourth-order valence-electron chi connectivity index (χ4n) is 2.77. The molecule has 3 rings (SSSR count). The number of anilines is 2. The lowest BCUT2D eigenvalue weighted by Crippen LogP contribution is -2.37. The summed E-state index contributed by atoms with van der Waals surface area (Å²) < 4.78 is 37.4. The highest BCUT2D eigenvalue weighted by atomic mass is 32.2. The van der Waals surface area contributed by atoms with E-state index in [1.54, 1.807) is 0 Å². The van der Waals surface area contributed by atoms with Crippen molar-refractivity contribution in [3.8, 4) is 0 Å². The SMILES string of the molecule is COC(=O)c1sccc1S(=O)(=O)NCCNc1nc(C)cc(N2CCOCC2)n1. The molecule has 0 amide bonds. The van der Waals surface area contributed by atoms with Crippen molar-refractivity contribution in [3.05, 3.63) is 28.1 Å². The molecule has 0 aromatic carbocycles. The molecule has 0 unspecified atom stereocenters. The van der Waals surface area contributed by atoms with E-state index in [0.717, 1.165) is 35.9 Å². The molecule has 29 heavy (non-hydrogen) atoms. The van der Waals surface area contributed by atoms with Crippen molar-refractivity contribution in [2.45, 2.75) is 11.8 Å². The summed E-state index contributed by atoms with van der Waals surface area (Å²) in [6, 6.07) is 3.29.